The Hall–Kier alpha value is -2.93. The van der Waals surface area contributed by atoms with Crippen LogP contribution in [-0.4, -0.2) is 24.7 Å². The highest BCUT2D eigenvalue weighted by molar-refractivity contribution is 5.94. The minimum atomic E-state index is 0.614. The summed E-state index contributed by atoms with van der Waals surface area (Å²) in [5.74, 6) is 0.892. The number of hydrogen-bond donors (Lipinski definition) is 1. The van der Waals surface area contributed by atoms with Gasteiger partial charge in [-0.2, -0.15) is 5.26 Å². The van der Waals surface area contributed by atoms with Crippen LogP contribution in [0.2, 0.25) is 0 Å². The predicted molar refractivity (Wildman–Crippen MR) is 100 cm³/mol. The molecule has 0 unspecified atom stereocenters. The summed E-state index contributed by atoms with van der Waals surface area (Å²) in [6.45, 7) is 0.973. The average Bonchev–Trinajstić information content (AvgIpc) is 3.42. The number of nitriles is 1. The predicted octanol–water partition coefficient (Wildman–Crippen LogP) is 4.26. The van der Waals surface area contributed by atoms with E-state index in [4.69, 9.17) is 4.74 Å². The van der Waals surface area contributed by atoms with Gasteiger partial charge < -0.3 is 14.6 Å². The molecule has 3 aromatic rings. The third kappa shape index (κ3) is 3.18. The number of fused-ring (bicyclic) bond motifs is 1. The first-order chi connectivity index (χ1) is 12.3. The summed E-state index contributed by atoms with van der Waals surface area (Å²) in [5.41, 5.74) is 4.32. The lowest BCUT2D eigenvalue weighted by Gasteiger charge is -2.24. The summed E-state index contributed by atoms with van der Waals surface area (Å²) >= 11 is 0. The van der Waals surface area contributed by atoms with Crippen LogP contribution in [0.4, 0.5) is 5.69 Å². The fraction of sp³-hybridized carbons (Fsp3) is 0.286. The van der Waals surface area contributed by atoms with Crippen LogP contribution in [0.3, 0.4) is 0 Å². The summed E-state index contributed by atoms with van der Waals surface area (Å²) in [7, 11) is 1.69. The van der Waals surface area contributed by atoms with Crippen molar-refractivity contribution < 1.29 is 4.74 Å². The molecule has 0 aliphatic heterocycles. The standard InChI is InChI=1S/C21H21N3O/c1-25-18-7-2-15(3-8-18)10-11-24(17-5-6-17)21-14-23-20-9-4-16(13-22)12-19(20)21/h2-4,7-9,12,14,17,23H,5-6,10-11H2,1H3. The first-order valence-electron chi connectivity index (χ1n) is 8.69. The van der Waals surface area contributed by atoms with E-state index in [1.54, 1.807) is 7.11 Å². The van der Waals surface area contributed by atoms with Crippen LogP contribution < -0.4 is 9.64 Å². The molecular formula is C21H21N3O. The Morgan fingerprint density at radius 2 is 2.00 bits per heavy atom. The lowest BCUT2D eigenvalue weighted by Crippen LogP contribution is -2.27. The van der Waals surface area contributed by atoms with Crippen molar-refractivity contribution >= 4 is 16.6 Å². The van der Waals surface area contributed by atoms with Crippen molar-refractivity contribution in [1.29, 1.82) is 5.26 Å². The molecule has 4 heteroatoms. The number of ether oxygens (including phenoxy) is 1. The molecule has 0 atom stereocenters. The normalized spacial score (nSPS) is 13.6. The zero-order valence-corrected chi connectivity index (χ0v) is 14.3. The van der Waals surface area contributed by atoms with Crippen LogP contribution in [-0.2, 0) is 6.42 Å². The van der Waals surface area contributed by atoms with Gasteiger partial charge in [-0.1, -0.05) is 12.1 Å². The van der Waals surface area contributed by atoms with Gasteiger partial charge in [0.15, 0.2) is 0 Å². The van der Waals surface area contributed by atoms with E-state index in [2.05, 4.69) is 34.3 Å². The molecule has 0 radical (unpaired) electrons. The maximum Gasteiger partial charge on any atom is 0.118 e. The van der Waals surface area contributed by atoms with Gasteiger partial charge in [-0.15, -0.1) is 0 Å². The van der Waals surface area contributed by atoms with E-state index < -0.39 is 0 Å². The van der Waals surface area contributed by atoms with Gasteiger partial charge in [-0.3, -0.25) is 0 Å². The fourth-order valence-corrected chi connectivity index (χ4v) is 3.34. The van der Waals surface area contributed by atoms with Gasteiger partial charge in [0.25, 0.3) is 0 Å². The SMILES string of the molecule is COc1ccc(CCN(c2c[nH]c3ccc(C#N)cc23)C2CC2)cc1. The van der Waals surface area contributed by atoms with Crippen LogP contribution in [0, 0.1) is 11.3 Å². The maximum absolute atomic E-state index is 9.20. The number of aromatic amines is 1. The van der Waals surface area contributed by atoms with E-state index in [1.165, 1.54) is 24.1 Å². The second kappa shape index (κ2) is 6.52. The van der Waals surface area contributed by atoms with Gasteiger partial charge in [0.1, 0.15) is 5.75 Å². The number of nitrogens with one attached hydrogen (secondary N) is 1. The molecule has 0 saturated heterocycles. The zero-order chi connectivity index (χ0) is 17.2. The van der Waals surface area contributed by atoms with Crippen molar-refractivity contribution in [2.75, 3.05) is 18.6 Å². The molecule has 0 bridgehead atoms. The maximum atomic E-state index is 9.20. The summed E-state index contributed by atoms with van der Waals surface area (Å²) in [5, 5.41) is 10.3. The molecular weight excluding hydrogens is 310 g/mol. The lowest BCUT2D eigenvalue weighted by atomic mass is 10.1. The van der Waals surface area contributed by atoms with Crippen LogP contribution in [0.15, 0.2) is 48.7 Å². The van der Waals surface area contributed by atoms with Crippen LogP contribution >= 0.6 is 0 Å². The number of hydrogen-bond acceptors (Lipinski definition) is 3. The monoisotopic (exact) mass is 331 g/mol. The van der Waals surface area contributed by atoms with Crippen molar-refractivity contribution in [3.8, 4) is 11.8 Å². The van der Waals surface area contributed by atoms with E-state index in [-0.39, 0.29) is 0 Å². The molecule has 1 fully saturated rings. The molecule has 0 spiro atoms. The smallest absolute Gasteiger partial charge is 0.118 e. The second-order valence-electron chi connectivity index (χ2n) is 6.57. The number of anilines is 1. The Morgan fingerprint density at radius 3 is 2.68 bits per heavy atom. The number of H-pyrrole nitrogens is 1. The highest BCUT2D eigenvalue weighted by atomic mass is 16.5. The largest absolute Gasteiger partial charge is 0.497 e. The minimum absolute atomic E-state index is 0.614. The molecule has 0 amide bonds. The van der Waals surface area contributed by atoms with E-state index in [0.29, 0.717) is 11.6 Å². The highest BCUT2D eigenvalue weighted by Gasteiger charge is 2.30. The van der Waals surface area contributed by atoms with Crippen LogP contribution in [0.1, 0.15) is 24.0 Å². The van der Waals surface area contributed by atoms with Crippen LogP contribution in [0.25, 0.3) is 10.9 Å². The van der Waals surface area contributed by atoms with Crippen molar-refractivity contribution in [2.45, 2.75) is 25.3 Å². The van der Waals surface area contributed by atoms with E-state index in [0.717, 1.165) is 29.6 Å². The fourth-order valence-electron chi connectivity index (χ4n) is 3.34. The molecule has 1 aliphatic rings. The summed E-state index contributed by atoms with van der Waals surface area (Å²) in [6.07, 6.45) is 5.56. The minimum Gasteiger partial charge on any atom is -0.497 e. The molecule has 1 N–H and O–H groups in total. The summed E-state index contributed by atoms with van der Waals surface area (Å²) < 4.78 is 5.23. The third-order valence-corrected chi connectivity index (χ3v) is 4.89. The van der Waals surface area contributed by atoms with Crippen LogP contribution in [0.5, 0.6) is 5.75 Å². The van der Waals surface area contributed by atoms with Gasteiger partial charge in [-0.05, 0) is 55.2 Å². The van der Waals surface area contributed by atoms with Gasteiger partial charge in [-0.25, -0.2) is 0 Å². The number of rotatable bonds is 6. The average molecular weight is 331 g/mol. The van der Waals surface area contributed by atoms with Crippen molar-refractivity contribution in [1.82, 2.24) is 4.98 Å². The number of methoxy groups -OCH3 is 1. The quantitative estimate of drug-likeness (QED) is 0.734. The molecule has 1 aliphatic carbocycles. The van der Waals surface area contributed by atoms with Crippen molar-refractivity contribution in [3.05, 3.63) is 59.8 Å². The van der Waals surface area contributed by atoms with Crippen molar-refractivity contribution in [2.24, 2.45) is 0 Å². The van der Waals surface area contributed by atoms with Gasteiger partial charge in [0.2, 0.25) is 0 Å². The van der Waals surface area contributed by atoms with E-state index >= 15 is 0 Å². The second-order valence-corrected chi connectivity index (χ2v) is 6.57. The molecule has 25 heavy (non-hydrogen) atoms. The molecule has 1 heterocycles. The zero-order valence-electron chi connectivity index (χ0n) is 14.3. The Labute approximate surface area is 147 Å². The topological polar surface area (TPSA) is 52.0 Å². The highest BCUT2D eigenvalue weighted by Crippen LogP contribution is 2.36. The molecule has 4 rings (SSSR count). The number of benzene rings is 2. The molecule has 2 aromatic carbocycles. The number of aromatic nitrogens is 1. The Bertz CT molecular complexity index is 916. The van der Waals surface area contributed by atoms with Crippen molar-refractivity contribution in [3.63, 3.8) is 0 Å². The molecule has 126 valence electrons. The summed E-state index contributed by atoms with van der Waals surface area (Å²) in [4.78, 5) is 5.84. The third-order valence-electron chi connectivity index (χ3n) is 4.89. The lowest BCUT2D eigenvalue weighted by molar-refractivity contribution is 0.414. The number of nitrogens with zero attached hydrogens (tertiary/aromatic N) is 2. The first-order valence-corrected chi connectivity index (χ1v) is 8.69. The van der Waals surface area contributed by atoms with Gasteiger partial charge >= 0.3 is 0 Å². The molecule has 1 aromatic heterocycles. The van der Waals surface area contributed by atoms with E-state index in [1.807, 2.05) is 30.3 Å². The van der Waals surface area contributed by atoms with Gasteiger partial charge in [0.05, 0.1) is 24.4 Å². The van der Waals surface area contributed by atoms with Gasteiger partial charge in [0, 0.05) is 29.7 Å². The Kier molecular flexibility index (Phi) is 4.07. The first kappa shape index (κ1) is 15.6. The molecule has 4 nitrogen and oxygen atoms in total. The molecule has 1 saturated carbocycles. The summed E-state index contributed by atoms with van der Waals surface area (Å²) in [6, 6.07) is 17.0. The Balaban J connectivity index is 1.58. The Morgan fingerprint density at radius 1 is 1.20 bits per heavy atom. The van der Waals surface area contributed by atoms with E-state index in [9.17, 15) is 5.26 Å².